The first kappa shape index (κ1) is 21.5. The lowest BCUT2D eigenvalue weighted by atomic mass is 9.94. The maximum Gasteiger partial charge on any atom is 0.335 e. The number of amides is 1. The molecule has 8 heteroatoms. The molecule has 32 heavy (non-hydrogen) atoms. The van der Waals surface area contributed by atoms with Gasteiger partial charge in [0.05, 0.1) is 17.2 Å². The van der Waals surface area contributed by atoms with Gasteiger partial charge in [0.25, 0.3) is 11.7 Å². The Morgan fingerprint density at radius 3 is 2.25 bits per heavy atom. The summed E-state index contributed by atoms with van der Waals surface area (Å²) in [4.78, 5) is 38.5. The third kappa shape index (κ3) is 3.69. The topological polar surface area (TPSA) is 94.9 Å². The van der Waals surface area contributed by atoms with Crippen LogP contribution in [0.3, 0.4) is 0 Å². The molecule has 0 bridgehead atoms. The van der Waals surface area contributed by atoms with Crippen LogP contribution in [0.25, 0.3) is 5.76 Å². The molecular weight excluding hydrogens is 481 g/mol. The van der Waals surface area contributed by atoms with Gasteiger partial charge in [-0.2, -0.15) is 0 Å². The number of benzene rings is 3. The van der Waals surface area contributed by atoms with Crippen molar-refractivity contribution in [1.29, 1.82) is 0 Å². The van der Waals surface area contributed by atoms with Crippen molar-refractivity contribution in [3.8, 4) is 0 Å². The molecule has 160 valence electrons. The van der Waals surface area contributed by atoms with Gasteiger partial charge in [-0.15, -0.1) is 0 Å². The highest BCUT2D eigenvalue weighted by atomic mass is 79.9. The maximum atomic E-state index is 14.8. The molecule has 0 aromatic heterocycles. The second-order valence-electron chi connectivity index (χ2n) is 7.05. The van der Waals surface area contributed by atoms with Gasteiger partial charge in [-0.1, -0.05) is 52.3 Å². The number of halogens is 2. The molecule has 0 spiro atoms. The van der Waals surface area contributed by atoms with Crippen LogP contribution >= 0.6 is 15.9 Å². The average Bonchev–Trinajstić information content (AvgIpc) is 3.04. The lowest BCUT2D eigenvalue weighted by molar-refractivity contribution is -0.132. The molecule has 1 aliphatic heterocycles. The minimum Gasteiger partial charge on any atom is -0.507 e. The van der Waals surface area contributed by atoms with Gasteiger partial charge >= 0.3 is 5.97 Å². The Kier molecular flexibility index (Phi) is 5.63. The molecule has 1 aliphatic rings. The third-order valence-electron chi connectivity index (χ3n) is 5.13. The van der Waals surface area contributed by atoms with Crippen LogP contribution in [0.1, 0.15) is 27.5 Å². The smallest absolute Gasteiger partial charge is 0.335 e. The van der Waals surface area contributed by atoms with Crippen molar-refractivity contribution < 1.29 is 29.0 Å². The second-order valence-corrected chi connectivity index (χ2v) is 7.97. The van der Waals surface area contributed by atoms with Gasteiger partial charge in [-0.3, -0.25) is 14.5 Å². The SMILES string of the molecule is O=C1C(=O)N(c2cccc(C(=O)O)c2)[C@@H](c2ccccc2F)/C1=C(\O)c1ccc(Br)cc1. The highest BCUT2D eigenvalue weighted by molar-refractivity contribution is 9.10. The summed E-state index contributed by atoms with van der Waals surface area (Å²) < 4.78 is 15.6. The zero-order chi connectivity index (χ0) is 23.0. The number of rotatable bonds is 4. The van der Waals surface area contributed by atoms with Gasteiger partial charge in [0.1, 0.15) is 11.6 Å². The number of hydrogen-bond donors (Lipinski definition) is 2. The number of carbonyl (C=O) groups is 3. The van der Waals surface area contributed by atoms with E-state index in [2.05, 4.69) is 15.9 Å². The zero-order valence-corrected chi connectivity index (χ0v) is 17.9. The first-order valence-corrected chi connectivity index (χ1v) is 10.2. The Bertz CT molecular complexity index is 1290. The predicted octanol–water partition coefficient (Wildman–Crippen LogP) is 4.91. The number of ketones is 1. The standard InChI is InChI=1S/C24H15BrFNO5/c25-15-10-8-13(9-11-15)21(28)19-20(17-6-1-2-7-18(17)26)27(23(30)22(19)29)16-5-3-4-14(12-16)24(31)32/h1-12,20,28H,(H,31,32)/b21-19+/t20-/m0/s1. The molecule has 0 radical (unpaired) electrons. The van der Waals surface area contributed by atoms with E-state index >= 15 is 0 Å². The van der Waals surface area contributed by atoms with Crippen LogP contribution in [0.5, 0.6) is 0 Å². The van der Waals surface area contributed by atoms with Crippen LogP contribution in [-0.4, -0.2) is 27.9 Å². The largest absolute Gasteiger partial charge is 0.507 e. The molecule has 4 rings (SSSR count). The Morgan fingerprint density at radius 2 is 1.59 bits per heavy atom. The minimum atomic E-state index is -1.29. The predicted molar refractivity (Wildman–Crippen MR) is 119 cm³/mol. The Balaban J connectivity index is 1.97. The average molecular weight is 496 g/mol. The van der Waals surface area contributed by atoms with Gasteiger partial charge in [0.2, 0.25) is 0 Å². The van der Waals surface area contributed by atoms with E-state index in [1.54, 1.807) is 30.3 Å². The summed E-state index contributed by atoms with van der Waals surface area (Å²) >= 11 is 3.29. The van der Waals surface area contributed by atoms with E-state index in [0.717, 1.165) is 9.37 Å². The highest BCUT2D eigenvalue weighted by Crippen LogP contribution is 2.43. The molecule has 1 fully saturated rings. The zero-order valence-electron chi connectivity index (χ0n) is 16.3. The lowest BCUT2D eigenvalue weighted by Crippen LogP contribution is -2.30. The Morgan fingerprint density at radius 1 is 0.906 bits per heavy atom. The molecular formula is C24H15BrFNO5. The number of hydrogen-bond acceptors (Lipinski definition) is 4. The van der Waals surface area contributed by atoms with E-state index in [-0.39, 0.29) is 28.0 Å². The van der Waals surface area contributed by atoms with Crippen LogP contribution in [0.4, 0.5) is 10.1 Å². The number of carbonyl (C=O) groups excluding carboxylic acids is 2. The van der Waals surface area contributed by atoms with E-state index < -0.39 is 35.3 Å². The van der Waals surface area contributed by atoms with Crippen molar-refractivity contribution in [3.05, 3.63) is 105 Å². The molecule has 1 atom stereocenters. The molecule has 0 aliphatic carbocycles. The summed E-state index contributed by atoms with van der Waals surface area (Å²) in [6, 6.07) is 16.2. The maximum absolute atomic E-state index is 14.8. The van der Waals surface area contributed by atoms with Crippen molar-refractivity contribution in [2.45, 2.75) is 6.04 Å². The first-order chi connectivity index (χ1) is 15.3. The van der Waals surface area contributed by atoms with Crippen molar-refractivity contribution in [1.82, 2.24) is 0 Å². The fraction of sp³-hybridized carbons (Fsp3) is 0.0417. The highest BCUT2D eigenvalue weighted by Gasteiger charge is 2.47. The number of Topliss-reactive ketones (excluding diaryl/α,β-unsaturated/α-hetero) is 1. The Hall–Kier alpha value is -3.78. The van der Waals surface area contributed by atoms with Crippen molar-refractivity contribution in [2.24, 2.45) is 0 Å². The van der Waals surface area contributed by atoms with Crippen molar-refractivity contribution in [2.75, 3.05) is 4.90 Å². The number of aliphatic hydroxyl groups is 1. The number of aliphatic hydroxyl groups excluding tert-OH is 1. The number of anilines is 1. The molecule has 3 aromatic carbocycles. The summed E-state index contributed by atoms with van der Waals surface area (Å²) in [6.07, 6.45) is 0. The van der Waals surface area contributed by atoms with E-state index in [1.165, 1.54) is 42.5 Å². The number of aromatic carboxylic acids is 1. The van der Waals surface area contributed by atoms with E-state index in [0.29, 0.717) is 0 Å². The van der Waals surface area contributed by atoms with Crippen LogP contribution in [0, 0.1) is 5.82 Å². The monoisotopic (exact) mass is 495 g/mol. The van der Waals surface area contributed by atoms with Gasteiger partial charge < -0.3 is 10.2 Å². The molecule has 6 nitrogen and oxygen atoms in total. The van der Waals surface area contributed by atoms with Gasteiger partial charge in [-0.05, 0) is 36.4 Å². The fourth-order valence-corrected chi connectivity index (χ4v) is 3.91. The molecule has 1 heterocycles. The van der Waals surface area contributed by atoms with Gasteiger partial charge in [-0.25, -0.2) is 9.18 Å². The Labute approximate surface area is 190 Å². The van der Waals surface area contributed by atoms with Crippen LogP contribution in [-0.2, 0) is 9.59 Å². The summed E-state index contributed by atoms with van der Waals surface area (Å²) in [5.74, 6) is -4.36. The quantitative estimate of drug-likeness (QED) is 0.304. The molecule has 1 amide bonds. The summed E-state index contributed by atoms with van der Waals surface area (Å²) in [7, 11) is 0. The number of carboxylic acids is 1. The lowest BCUT2D eigenvalue weighted by Gasteiger charge is -2.26. The third-order valence-corrected chi connectivity index (χ3v) is 5.66. The van der Waals surface area contributed by atoms with Gasteiger partial charge in [0, 0.05) is 21.3 Å². The normalized spacial score (nSPS) is 17.6. The van der Waals surface area contributed by atoms with Crippen LogP contribution in [0.15, 0.2) is 82.8 Å². The summed E-state index contributed by atoms with van der Waals surface area (Å²) in [5.41, 5.74) is -0.0410. The van der Waals surface area contributed by atoms with Crippen LogP contribution in [0.2, 0.25) is 0 Å². The van der Waals surface area contributed by atoms with E-state index in [4.69, 9.17) is 0 Å². The number of nitrogens with zero attached hydrogens (tertiary/aromatic N) is 1. The summed E-state index contributed by atoms with van der Waals surface area (Å²) in [5, 5.41) is 20.3. The first-order valence-electron chi connectivity index (χ1n) is 9.44. The molecule has 2 N–H and O–H groups in total. The fourth-order valence-electron chi connectivity index (χ4n) is 3.64. The molecule has 3 aromatic rings. The molecule has 0 saturated carbocycles. The van der Waals surface area contributed by atoms with E-state index in [1.807, 2.05) is 0 Å². The van der Waals surface area contributed by atoms with E-state index in [9.17, 15) is 29.0 Å². The summed E-state index contributed by atoms with van der Waals surface area (Å²) in [6.45, 7) is 0. The van der Waals surface area contributed by atoms with Crippen molar-refractivity contribution in [3.63, 3.8) is 0 Å². The van der Waals surface area contributed by atoms with Gasteiger partial charge in [0.15, 0.2) is 0 Å². The van der Waals surface area contributed by atoms with Crippen molar-refractivity contribution >= 4 is 45.0 Å². The number of carboxylic acid groups (broad SMARTS) is 1. The second kappa shape index (κ2) is 8.39. The van der Waals surface area contributed by atoms with Crippen LogP contribution < -0.4 is 4.90 Å². The minimum absolute atomic E-state index is 0.00825. The molecule has 1 saturated heterocycles. The molecule has 0 unspecified atom stereocenters.